The highest BCUT2D eigenvalue weighted by atomic mass is 35.5. The lowest BCUT2D eigenvalue weighted by Gasteiger charge is -2.35. The van der Waals surface area contributed by atoms with Crippen molar-refractivity contribution in [3.8, 4) is 0 Å². The van der Waals surface area contributed by atoms with Crippen LogP contribution in [0.4, 0.5) is 4.39 Å². The molecule has 1 aromatic carbocycles. The Bertz CT molecular complexity index is 409. The molecule has 0 bridgehead atoms. The first-order valence-electron chi connectivity index (χ1n) is 6.72. The fraction of sp³-hybridized carbons (Fsp3) is 0.600. The van der Waals surface area contributed by atoms with E-state index in [2.05, 4.69) is 26.1 Å². The molecule has 0 heterocycles. The van der Waals surface area contributed by atoms with Crippen molar-refractivity contribution in [3.05, 3.63) is 34.6 Å². The molecule has 4 heteroatoms. The van der Waals surface area contributed by atoms with Gasteiger partial charge in [-0.2, -0.15) is 0 Å². The average molecular weight is 288 g/mol. The predicted octanol–water partition coefficient (Wildman–Crippen LogP) is 3.81. The molecule has 19 heavy (non-hydrogen) atoms. The molecule has 0 spiro atoms. The SMILES string of the molecule is CCNC(Cc1ccc(Cl)c(F)c1)C(C)(C)OCC. The van der Waals surface area contributed by atoms with Crippen molar-refractivity contribution in [1.29, 1.82) is 0 Å². The number of hydrogen-bond donors (Lipinski definition) is 1. The molecular weight excluding hydrogens is 265 g/mol. The van der Waals surface area contributed by atoms with Crippen molar-refractivity contribution in [3.63, 3.8) is 0 Å². The van der Waals surface area contributed by atoms with E-state index in [9.17, 15) is 4.39 Å². The minimum absolute atomic E-state index is 0.123. The number of ether oxygens (including phenoxy) is 1. The Morgan fingerprint density at radius 2 is 2.05 bits per heavy atom. The topological polar surface area (TPSA) is 21.3 Å². The average Bonchev–Trinajstić information content (AvgIpc) is 2.33. The van der Waals surface area contributed by atoms with Gasteiger partial charge in [0.05, 0.1) is 10.6 Å². The number of rotatable bonds is 7. The molecule has 2 nitrogen and oxygen atoms in total. The predicted molar refractivity (Wildman–Crippen MR) is 78.3 cm³/mol. The molecule has 0 aliphatic carbocycles. The van der Waals surface area contributed by atoms with Gasteiger partial charge in [-0.25, -0.2) is 4.39 Å². The first kappa shape index (κ1) is 16.4. The van der Waals surface area contributed by atoms with E-state index >= 15 is 0 Å². The summed E-state index contributed by atoms with van der Waals surface area (Å²) in [6.45, 7) is 9.64. The zero-order valence-corrected chi connectivity index (χ0v) is 12.9. The van der Waals surface area contributed by atoms with Crippen LogP contribution in [0.5, 0.6) is 0 Å². The van der Waals surface area contributed by atoms with Crippen LogP contribution >= 0.6 is 11.6 Å². The van der Waals surface area contributed by atoms with Gasteiger partial charge in [0, 0.05) is 12.6 Å². The van der Waals surface area contributed by atoms with E-state index in [4.69, 9.17) is 16.3 Å². The Morgan fingerprint density at radius 1 is 1.37 bits per heavy atom. The molecule has 0 aliphatic heterocycles. The van der Waals surface area contributed by atoms with Crippen LogP contribution in [-0.2, 0) is 11.2 Å². The Kier molecular flexibility index (Phi) is 6.24. The Hall–Kier alpha value is -0.640. The molecule has 108 valence electrons. The Labute approximate surface area is 120 Å². The Morgan fingerprint density at radius 3 is 2.58 bits per heavy atom. The molecule has 1 aromatic rings. The van der Waals surface area contributed by atoms with Crippen molar-refractivity contribution in [2.75, 3.05) is 13.2 Å². The lowest BCUT2D eigenvalue weighted by atomic mass is 9.92. The van der Waals surface area contributed by atoms with Gasteiger partial charge < -0.3 is 10.1 Å². The molecule has 1 unspecified atom stereocenters. The standard InChI is InChI=1S/C15H23ClFNO/c1-5-18-14(15(3,4)19-6-2)10-11-7-8-12(16)13(17)9-11/h7-9,14,18H,5-6,10H2,1-4H3. The summed E-state index contributed by atoms with van der Waals surface area (Å²) >= 11 is 5.70. The van der Waals surface area contributed by atoms with Crippen LogP contribution < -0.4 is 5.32 Å². The van der Waals surface area contributed by atoms with E-state index < -0.39 is 0 Å². The van der Waals surface area contributed by atoms with Gasteiger partial charge in [0.2, 0.25) is 0 Å². The zero-order chi connectivity index (χ0) is 14.5. The third-order valence-electron chi connectivity index (χ3n) is 3.23. The van der Waals surface area contributed by atoms with Gasteiger partial charge in [0.1, 0.15) is 5.82 Å². The second-order valence-corrected chi connectivity index (χ2v) is 5.51. The lowest BCUT2D eigenvalue weighted by molar-refractivity contribution is -0.0377. The van der Waals surface area contributed by atoms with Crippen LogP contribution in [0.25, 0.3) is 0 Å². The highest BCUT2D eigenvalue weighted by molar-refractivity contribution is 6.30. The van der Waals surface area contributed by atoms with Crippen molar-refractivity contribution < 1.29 is 9.13 Å². The third-order valence-corrected chi connectivity index (χ3v) is 3.54. The molecule has 0 fully saturated rings. The van der Waals surface area contributed by atoms with Crippen LogP contribution in [0, 0.1) is 5.82 Å². The molecular formula is C15H23ClFNO. The van der Waals surface area contributed by atoms with Crippen LogP contribution in [-0.4, -0.2) is 24.8 Å². The monoisotopic (exact) mass is 287 g/mol. The maximum atomic E-state index is 13.5. The highest BCUT2D eigenvalue weighted by Gasteiger charge is 2.29. The van der Waals surface area contributed by atoms with E-state index in [0.717, 1.165) is 12.1 Å². The van der Waals surface area contributed by atoms with Crippen molar-refractivity contribution >= 4 is 11.6 Å². The van der Waals surface area contributed by atoms with Gasteiger partial charge in [-0.3, -0.25) is 0 Å². The second-order valence-electron chi connectivity index (χ2n) is 5.10. The summed E-state index contributed by atoms with van der Waals surface area (Å²) in [7, 11) is 0. The molecule has 0 saturated heterocycles. The molecule has 0 amide bonds. The summed E-state index contributed by atoms with van der Waals surface area (Å²) in [5.41, 5.74) is 0.613. The van der Waals surface area contributed by atoms with E-state index in [-0.39, 0.29) is 22.5 Å². The van der Waals surface area contributed by atoms with E-state index in [1.54, 1.807) is 6.07 Å². The second kappa shape index (κ2) is 7.22. The van der Waals surface area contributed by atoms with Crippen LogP contribution in [0.2, 0.25) is 5.02 Å². The van der Waals surface area contributed by atoms with Crippen molar-refractivity contribution in [2.45, 2.75) is 45.8 Å². The molecule has 1 N–H and O–H groups in total. The summed E-state index contributed by atoms with van der Waals surface area (Å²) in [6, 6.07) is 5.08. The zero-order valence-electron chi connectivity index (χ0n) is 12.1. The van der Waals surface area contributed by atoms with Crippen LogP contribution in [0.1, 0.15) is 33.3 Å². The van der Waals surface area contributed by atoms with Gasteiger partial charge in [-0.15, -0.1) is 0 Å². The molecule has 0 saturated carbocycles. The van der Waals surface area contributed by atoms with Crippen molar-refractivity contribution in [1.82, 2.24) is 5.32 Å². The first-order valence-corrected chi connectivity index (χ1v) is 7.09. The smallest absolute Gasteiger partial charge is 0.142 e. The lowest BCUT2D eigenvalue weighted by Crippen LogP contribution is -2.50. The molecule has 0 aliphatic rings. The van der Waals surface area contributed by atoms with E-state index in [1.807, 2.05) is 13.0 Å². The minimum atomic E-state index is -0.372. The van der Waals surface area contributed by atoms with E-state index in [1.165, 1.54) is 6.07 Å². The Balaban J connectivity index is 2.85. The van der Waals surface area contributed by atoms with Crippen molar-refractivity contribution in [2.24, 2.45) is 0 Å². The quantitative estimate of drug-likeness (QED) is 0.823. The van der Waals surface area contributed by atoms with Gasteiger partial charge in [0.15, 0.2) is 0 Å². The number of benzene rings is 1. The fourth-order valence-corrected chi connectivity index (χ4v) is 2.30. The maximum absolute atomic E-state index is 13.5. The minimum Gasteiger partial charge on any atom is -0.374 e. The largest absolute Gasteiger partial charge is 0.374 e. The molecule has 0 radical (unpaired) electrons. The number of likely N-dealkylation sites (N-methyl/N-ethyl adjacent to an activating group) is 1. The summed E-state index contributed by atoms with van der Waals surface area (Å²) in [6.07, 6.45) is 0.703. The molecule has 1 atom stereocenters. The van der Waals surface area contributed by atoms with Gasteiger partial charge >= 0.3 is 0 Å². The van der Waals surface area contributed by atoms with Gasteiger partial charge in [-0.1, -0.05) is 24.6 Å². The highest BCUT2D eigenvalue weighted by Crippen LogP contribution is 2.21. The molecule has 1 rings (SSSR count). The number of nitrogens with one attached hydrogen (secondary N) is 1. The normalized spacial score (nSPS) is 13.6. The summed E-state index contributed by atoms with van der Waals surface area (Å²) < 4.78 is 19.3. The number of hydrogen-bond acceptors (Lipinski definition) is 2. The summed E-state index contributed by atoms with van der Waals surface area (Å²) in [5.74, 6) is -0.372. The fourth-order valence-electron chi connectivity index (χ4n) is 2.19. The van der Waals surface area contributed by atoms with Gasteiger partial charge in [0.25, 0.3) is 0 Å². The van der Waals surface area contributed by atoms with Crippen LogP contribution in [0.3, 0.4) is 0 Å². The van der Waals surface area contributed by atoms with Gasteiger partial charge in [-0.05, 0) is 51.4 Å². The first-order chi connectivity index (χ1) is 8.90. The number of halogens is 2. The maximum Gasteiger partial charge on any atom is 0.142 e. The van der Waals surface area contributed by atoms with Crippen LogP contribution in [0.15, 0.2) is 18.2 Å². The van der Waals surface area contributed by atoms with E-state index in [0.29, 0.717) is 13.0 Å². The molecule has 0 aromatic heterocycles. The summed E-state index contributed by atoms with van der Waals surface area (Å²) in [4.78, 5) is 0. The third kappa shape index (κ3) is 4.75. The summed E-state index contributed by atoms with van der Waals surface area (Å²) in [5, 5.41) is 3.57.